The smallest absolute Gasteiger partial charge is 0.119 e. The third-order valence-corrected chi connectivity index (χ3v) is 4.86. The van der Waals surface area contributed by atoms with Crippen LogP contribution in [0.1, 0.15) is 18.1 Å². The zero-order chi connectivity index (χ0) is 14.7. The van der Waals surface area contributed by atoms with Crippen LogP contribution in [0, 0.1) is 0 Å². The van der Waals surface area contributed by atoms with Crippen molar-refractivity contribution in [1.29, 1.82) is 0 Å². The summed E-state index contributed by atoms with van der Waals surface area (Å²) in [6, 6.07) is 16.2. The fourth-order valence-electron chi connectivity index (χ4n) is 2.39. The number of fused-ring (bicyclic) bond motifs is 1. The predicted octanol–water partition coefficient (Wildman–Crippen LogP) is 3.98. The van der Waals surface area contributed by atoms with E-state index in [1.165, 1.54) is 10.5 Å². The Hall–Kier alpha value is -1.94. The van der Waals surface area contributed by atoms with E-state index in [1.807, 2.05) is 36.0 Å². The SMILES string of the molecule is CC(=NO)c1ccc(OCC2Cc3ccccc3S2)cc1. The molecule has 0 amide bonds. The normalized spacial score (nSPS) is 17.6. The van der Waals surface area contributed by atoms with E-state index in [0.29, 0.717) is 17.6 Å². The quantitative estimate of drug-likeness (QED) is 0.527. The molecule has 0 spiro atoms. The Morgan fingerprint density at radius 1 is 1.24 bits per heavy atom. The minimum Gasteiger partial charge on any atom is -0.492 e. The average Bonchev–Trinajstić information content (AvgIpc) is 2.95. The van der Waals surface area contributed by atoms with Gasteiger partial charge >= 0.3 is 0 Å². The van der Waals surface area contributed by atoms with Gasteiger partial charge in [-0.3, -0.25) is 0 Å². The predicted molar refractivity (Wildman–Crippen MR) is 85.7 cm³/mol. The molecule has 1 atom stereocenters. The second kappa shape index (κ2) is 6.22. The first-order valence-electron chi connectivity index (χ1n) is 6.92. The number of nitrogens with zero attached hydrogens (tertiary/aromatic N) is 1. The Bertz CT molecular complexity index is 627. The summed E-state index contributed by atoms with van der Waals surface area (Å²) in [5.41, 5.74) is 2.91. The van der Waals surface area contributed by atoms with Crippen molar-refractivity contribution < 1.29 is 9.94 Å². The molecule has 0 saturated carbocycles. The molecule has 1 N–H and O–H groups in total. The minimum absolute atomic E-state index is 0.475. The number of thioether (sulfide) groups is 1. The molecular formula is C17H17NO2S. The highest BCUT2D eigenvalue weighted by Crippen LogP contribution is 2.36. The molecule has 1 unspecified atom stereocenters. The molecule has 0 fully saturated rings. The van der Waals surface area contributed by atoms with Gasteiger partial charge in [0.25, 0.3) is 0 Å². The summed E-state index contributed by atoms with van der Waals surface area (Å²) in [6.45, 7) is 2.47. The van der Waals surface area contributed by atoms with Gasteiger partial charge in [-0.15, -0.1) is 11.8 Å². The lowest BCUT2D eigenvalue weighted by Crippen LogP contribution is -2.13. The summed E-state index contributed by atoms with van der Waals surface area (Å²) in [5.74, 6) is 0.848. The van der Waals surface area contributed by atoms with Crippen molar-refractivity contribution in [1.82, 2.24) is 0 Å². The molecule has 2 aromatic carbocycles. The summed E-state index contributed by atoms with van der Waals surface area (Å²) in [7, 11) is 0. The summed E-state index contributed by atoms with van der Waals surface area (Å²) >= 11 is 1.89. The van der Waals surface area contributed by atoms with Crippen molar-refractivity contribution >= 4 is 17.5 Å². The summed E-state index contributed by atoms with van der Waals surface area (Å²) in [5, 5.41) is 12.4. The van der Waals surface area contributed by atoms with Crippen LogP contribution in [-0.2, 0) is 6.42 Å². The molecule has 1 heterocycles. The van der Waals surface area contributed by atoms with E-state index in [9.17, 15) is 0 Å². The average molecular weight is 299 g/mol. The molecule has 108 valence electrons. The molecular weight excluding hydrogens is 282 g/mol. The van der Waals surface area contributed by atoms with Gasteiger partial charge < -0.3 is 9.94 Å². The zero-order valence-electron chi connectivity index (χ0n) is 11.8. The van der Waals surface area contributed by atoms with Crippen molar-refractivity contribution in [2.45, 2.75) is 23.5 Å². The molecule has 0 radical (unpaired) electrons. The number of hydrogen-bond donors (Lipinski definition) is 1. The number of ether oxygens (including phenoxy) is 1. The lowest BCUT2D eigenvalue weighted by Gasteiger charge is -2.11. The van der Waals surface area contributed by atoms with E-state index in [2.05, 4.69) is 29.4 Å². The van der Waals surface area contributed by atoms with E-state index in [4.69, 9.17) is 9.94 Å². The van der Waals surface area contributed by atoms with Gasteiger partial charge in [-0.05, 0) is 54.8 Å². The third kappa shape index (κ3) is 3.22. The van der Waals surface area contributed by atoms with Crippen LogP contribution in [0.4, 0.5) is 0 Å². The van der Waals surface area contributed by atoms with Crippen molar-refractivity contribution in [3.8, 4) is 5.75 Å². The highest BCUT2D eigenvalue weighted by atomic mass is 32.2. The maximum Gasteiger partial charge on any atom is 0.119 e. The standard InChI is InChI=1S/C17H17NO2S/c1-12(18-19)13-6-8-15(9-7-13)20-11-16-10-14-4-2-3-5-17(14)21-16/h2-9,16,19H,10-11H2,1H3. The van der Waals surface area contributed by atoms with Gasteiger partial charge in [0.1, 0.15) is 12.4 Å². The Morgan fingerprint density at radius 3 is 2.71 bits per heavy atom. The summed E-state index contributed by atoms with van der Waals surface area (Å²) in [4.78, 5) is 1.37. The second-order valence-corrected chi connectivity index (χ2v) is 6.41. The Balaban J connectivity index is 1.57. The van der Waals surface area contributed by atoms with Gasteiger partial charge in [-0.25, -0.2) is 0 Å². The summed E-state index contributed by atoms with van der Waals surface area (Å²) < 4.78 is 5.87. The van der Waals surface area contributed by atoms with E-state index < -0.39 is 0 Å². The van der Waals surface area contributed by atoms with Crippen LogP contribution >= 0.6 is 11.8 Å². The molecule has 3 nitrogen and oxygen atoms in total. The first-order chi connectivity index (χ1) is 10.3. The fraction of sp³-hybridized carbons (Fsp3) is 0.235. The highest BCUT2D eigenvalue weighted by Gasteiger charge is 2.22. The summed E-state index contributed by atoms with van der Waals surface area (Å²) in [6.07, 6.45) is 1.06. The largest absolute Gasteiger partial charge is 0.492 e. The monoisotopic (exact) mass is 299 g/mol. The Labute approximate surface area is 128 Å². The fourth-order valence-corrected chi connectivity index (χ4v) is 3.60. The lowest BCUT2D eigenvalue weighted by atomic mass is 10.1. The van der Waals surface area contributed by atoms with Crippen LogP contribution in [0.15, 0.2) is 58.6 Å². The maximum atomic E-state index is 8.74. The number of benzene rings is 2. The van der Waals surface area contributed by atoms with E-state index in [1.54, 1.807) is 6.92 Å². The maximum absolute atomic E-state index is 8.74. The zero-order valence-corrected chi connectivity index (χ0v) is 12.6. The van der Waals surface area contributed by atoms with Crippen molar-refractivity contribution in [3.05, 3.63) is 59.7 Å². The van der Waals surface area contributed by atoms with Crippen LogP contribution in [0.25, 0.3) is 0 Å². The van der Waals surface area contributed by atoms with Gasteiger partial charge in [0.2, 0.25) is 0 Å². The van der Waals surface area contributed by atoms with Crippen molar-refractivity contribution in [3.63, 3.8) is 0 Å². The number of hydrogen-bond acceptors (Lipinski definition) is 4. The highest BCUT2D eigenvalue weighted by molar-refractivity contribution is 8.00. The molecule has 1 aliphatic rings. The van der Waals surface area contributed by atoms with Crippen LogP contribution < -0.4 is 4.74 Å². The van der Waals surface area contributed by atoms with E-state index >= 15 is 0 Å². The van der Waals surface area contributed by atoms with Crippen LogP contribution in [0.5, 0.6) is 5.75 Å². The lowest BCUT2D eigenvalue weighted by molar-refractivity contribution is 0.317. The third-order valence-electron chi connectivity index (χ3n) is 3.57. The molecule has 0 aliphatic carbocycles. The number of rotatable bonds is 4. The molecule has 3 rings (SSSR count). The second-order valence-electron chi connectivity index (χ2n) is 5.07. The van der Waals surface area contributed by atoms with Crippen LogP contribution in [0.3, 0.4) is 0 Å². The van der Waals surface area contributed by atoms with Gasteiger partial charge in [-0.1, -0.05) is 23.4 Å². The van der Waals surface area contributed by atoms with Gasteiger partial charge in [-0.2, -0.15) is 0 Å². The molecule has 0 bridgehead atoms. The molecule has 4 heteroatoms. The topological polar surface area (TPSA) is 41.8 Å². The van der Waals surface area contributed by atoms with E-state index in [-0.39, 0.29) is 0 Å². The van der Waals surface area contributed by atoms with Gasteiger partial charge in [0, 0.05) is 10.1 Å². The van der Waals surface area contributed by atoms with Gasteiger partial charge in [0.05, 0.1) is 5.71 Å². The Kier molecular flexibility index (Phi) is 4.15. The molecule has 21 heavy (non-hydrogen) atoms. The molecule has 0 aromatic heterocycles. The first-order valence-corrected chi connectivity index (χ1v) is 7.80. The Morgan fingerprint density at radius 2 is 2.00 bits per heavy atom. The van der Waals surface area contributed by atoms with Gasteiger partial charge in [0.15, 0.2) is 0 Å². The molecule has 1 aliphatic heterocycles. The van der Waals surface area contributed by atoms with Crippen LogP contribution in [0.2, 0.25) is 0 Å². The van der Waals surface area contributed by atoms with Crippen molar-refractivity contribution in [2.75, 3.05) is 6.61 Å². The first kappa shape index (κ1) is 14.0. The van der Waals surface area contributed by atoms with E-state index in [0.717, 1.165) is 17.7 Å². The number of oxime groups is 1. The van der Waals surface area contributed by atoms with Crippen molar-refractivity contribution in [2.24, 2.45) is 5.16 Å². The molecule has 0 saturated heterocycles. The van der Waals surface area contributed by atoms with Crippen LogP contribution in [-0.4, -0.2) is 22.8 Å². The molecule has 2 aromatic rings. The minimum atomic E-state index is 0.475.